The summed E-state index contributed by atoms with van der Waals surface area (Å²) in [5.74, 6) is 0. The summed E-state index contributed by atoms with van der Waals surface area (Å²) in [5.41, 5.74) is 0.989. The zero-order valence-corrected chi connectivity index (χ0v) is 15.4. The topological polar surface area (TPSA) is 46.6 Å². The zero-order chi connectivity index (χ0) is 14.9. The van der Waals surface area contributed by atoms with Gasteiger partial charge in [-0.3, -0.25) is 0 Å². The van der Waals surface area contributed by atoms with Crippen LogP contribution in [0, 0.1) is 6.92 Å². The fraction of sp³-hybridized carbons (Fsp3) is 0.538. The van der Waals surface area contributed by atoms with Crippen LogP contribution in [-0.2, 0) is 14.8 Å². The van der Waals surface area contributed by atoms with Gasteiger partial charge >= 0.3 is 0 Å². The minimum absolute atomic E-state index is 0.0834. The van der Waals surface area contributed by atoms with E-state index in [1.54, 1.807) is 6.07 Å². The molecule has 1 aromatic carbocycles. The van der Waals surface area contributed by atoms with Gasteiger partial charge in [-0.25, -0.2) is 8.42 Å². The Kier molecular flexibility index (Phi) is 5.29. The van der Waals surface area contributed by atoms with Gasteiger partial charge in [0.1, 0.15) is 0 Å². The minimum atomic E-state index is -3.51. The first-order valence-electron chi connectivity index (χ1n) is 6.40. The lowest BCUT2D eigenvalue weighted by Crippen LogP contribution is -2.36. The van der Waals surface area contributed by atoms with Crippen molar-refractivity contribution in [2.75, 3.05) is 19.7 Å². The van der Waals surface area contributed by atoms with Crippen molar-refractivity contribution in [2.24, 2.45) is 0 Å². The summed E-state index contributed by atoms with van der Waals surface area (Å²) in [4.78, 5) is 0.295. The van der Waals surface area contributed by atoms with Crippen LogP contribution >= 0.6 is 31.9 Å². The highest BCUT2D eigenvalue weighted by atomic mass is 79.9. The molecule has 20 heavy (non-hydrogen) atoms. The van der Waals surface area contributed by atoms with E-state index in [-0.39, 0.29) is 6.10 Å². The summed E-state index contributed by atoms with van der Waals surface area (Å²) in [6.45, 7) is 5.30. The van der Waals surface area contributed by atoms with Crippen molar-refractivity contribution in [1.29, 1.82) is 0 Å². The van der Waals surface area contributed by atoms with Crippen molar-refractivity contribution >= 4 is 41.9 Å². The van der Waals surface area contributed by atoms with Crippen molar-refractivity contribution in [3.63, 3.8) is 0 Å². The summed E-state index contributed by atoms with van der Waals surface area (Å²) in [6.07, 6.45) is 0.633. The molecule has 0 aliphatic carbocycles. The Morgan fingerprint density at radius 3 is 2.70 bits per heavy atom. The van der Waals surface area contributed by atoms with Gasteiger partial charge in [0.2, 0.25) is 10.0 Å². The van der Waals surface area contributed by atoms with E-state index in [9.17, 15) is 8.42 Å². The minimum Gasteiger partial charge on any atom is -0.377 e. The molecule has 4 nitrogen and oxygen atoms in total. The molecule has 0 N–H and O–H groups in total. The van der Waals surface area contributed by atoms with Crippen LogP contribution in [0.5, 0.6) is 0 Å². The molecule has 0 radical (unpaired) electrons. The van der Waals surface area contributed by atoms with Gasteiger partial charge in [-0.05, 0) is 53.9 Å². The molecule has 0 bridgehead atoms. The first kappa shape index (κ1) is 16.4. The van der Waals surface area contributed by atoms with Crippen molar-refractivity contribution in [1.82, 2.24) is 4.31 Å². The average molecular weight is 427 g/mol. The van der Waals surface area contributed by atoms with Crippen LogP contribution in [0.1, 0.15) is 18.9 Å². The molecule has 7 heteroatoms. The van der Waals surface area contributed by atoms with Crippen LogP contribution in [0.25, 0.3) is 0 Å². The Hall–Kier alpha value is 0.0500. The van der Waals surface area contributed by atoms with E-state index in [2.05, 4.69) is 31.9 Å². The van der Waals surface area contributed by atoms with Crippen LogP contribution < -0.4 is 0 Å². The molecular formula is C13H17Br2NO3S. The summed E-state index contributed by atoms with van der Waals surface area (Å²) in [7, 11) is -3.51. The highest BCUT2D eigenvalue weighted by Gasteiger charge is 2.29. The van der Waals surface area contributed by atoms with Gasteiger partial charge < -0.3 is 4.74 Å². The predicted octanol–water partition coefficient (Wildman–Crippen LogP) is 3.32. The number of nitrogens with zero attached hydrogens (tertiary/aromatic N) is 1. The van der Waals surface area contributed by atoms with E-state index >= 15 is 0 Å². The zero-order valence-electron chi connectivity index (χ0n) is 11.4. The number of hydrogen-bond acceptors (Lipinski definition) is 3. The lowest BCUT2D eigenvalue weighted by Gasteiger charge is -2.22. The predicted molar refractivity (Wildman–Crippen MR) is 85.4 cm³/mol. The summed E-state index contributed by atoms with van der Waals surface area (Å²) >= 11 is 6.76. The van der Waals surface area contributed by atoms with E-state index in [0.717, 1.165) is 10.0 Å². The molecule has 1 aromatic rings. The summed E-state index contributed by atoms with van der Waals surface area (Å²) < 4.78 is 34.0. The van der Waals surface area contributed by atoms with Crippen molar-refractivity contribution in [2.45, 2.75) is 31.3 Å². The molecule has 0 amide bonds. The van der Waals surface area contributed by atoms with Gasteiger partial charge in [-0.15, -0.1) is 0 Å². The van der Waals surface area contributed by atoms with Gasteiger partial charge in [0.05, 0.1) is 11.0 Å². The fourth-order valence-corrected chi connectivity index (χ4v) is 5.33. The molecule has 1 fully saturated rings. The van der Waals surface area contributed by atoms with Crippen molar-refractivity contribution in [3.8, 4) is 0 Å². The Labute approximate surface area is 136 Å². The van der Waals surface area contributed by atoms with E-state index in [4.69, 9.17) is 4.74 Å². The van der Waals surface area contributed by atoms with Crippen LogP contribution in [0.3, 0.4) is 0 Å². The summed E-state index contributed by atoms with van der Waals surface area (Å²) in [6, 6.07) is 3.47. The van der Waals surface area contributed by atoms with E-state index in [1.165, 1.54) is 4.31 Å². The Bertz CT molecular complexity index is 604. The number of rotatable bonds is 2. The van der Waals surface area contributed by atoms with Gasteiger partial charge in [0, 0.05) is 28.6 Å². The van der Waals surface area contributed by atoms with Crippen molar-refractivity contribution < 1.29 is 13.2 Å². The molecular weight excluding hydrogens is 410 g/mol. The molecule has 2 rings (SSSR count). The number of sulfonamides is 1. The number of halogens is 2. The Morgan fingerprint density at radius 1 is 1.30 bits per heavy atom. The summed E-state index contributed by atoms with van der Waals surface area (Å²) in [5, 5.41) is 0. The Balaban J connectivity index is 2.41. The Morgan fingerprint density at radius 2 is 2.00 bits per heavy atom. The largest absolute Gasteiger partial charge is 0.377 e. The fourth-order valence-electron chi connectivity index (χ4n) is 2.14. The highest BCUT2D eigenvalue weighted by molar-refractivity contribution is 9.11. The highest BCUT2D eigenvalue weighted by Crippen LogP contribution is 2.31. The van der Waals surface area contributed by atoms with Gasteiger partial charge in [0.15, 0.2) is 0 Å². The van der Waals surface area contributed by atoms with Crippen LogP contribution in [-0.4, -0.2) is 38.5 Å². The van der Waals surface area contributed by atoms with E-state index in [0.29, 0.717) is 35.5 Å². The second kappa shape index (κ2) is 6.44. The van der Waals surface area contributed by atoms with Crippen molar-refractivity contribution in [3.05, 3.63) is 26.6 Å². The second-order valence-corrected chi connectivity index (χ2v) is 8.54. The van der Waals surface area contributed by atoms with Crippen LogP contribution in [0.2, 0.25) is 0 Å². The molecule has 1 unspecified atom stereocenters. The normalized spacial score (nSPS) is 21.7. The molecule has 0 aromatic heterocycles. The molecule has 0 saturated carbocycles. The third-order valence-corrected chi connectivity index (χ3v) is 6.92. The SMILES string of the molecule is Cc1cc(Br)c(S(=O)(=O)N2CCCOC(C)C2)cc1Br. The van der Waals surface area contributed by atoms with Crippen LogP contribution in [0.15, 0.2) is 26.0 Å². The lowest BCUT2D eigenvalue weighted by atomic mass is 10.2. The standard InChI is InChI=1S/C13H17Br2NO3S/c1-9-6-12(15)13(7-11(9)14)20(17,18)16-4-3-5-19-10(2)8-16/h6-7,10H,3-5,8H2,1-2H3. The quantitative estimate of drug-likeness (QED) is 0.728. The van der Waals surface area contributed by atoms with Crippen LogP contribution in [0.4, 0.5) is 0 Å². The van der Waals surface area contributed by atoms with Gasteiger partial charge in [0.25, 0.3) is 0 Å². The molecule has 112 valence electrons. The molecule has 1 aliphatic rings. The lowest BCUT2D eigenvalue weighted by molar-refractivity contribution is 0.0752. The second-order valence-electron chi connectivity index (χ2n) is 4.93. The first-order chi connectivity index (χ1) is 9.32. The third kappa shape index (κ3) is 3.44. The maximum Gasteiger partial charge on any atom is 0.244 e. The van der Waals surface area contributed by atoms with Gasteiger partial charge in [-0.1, -0.05) is 15.9 Å². The third-order valence-electron chi connectivity index (χ3n) is 3.25. The molecule has 1 saturated heterocycles. The number of ether oxygens (including phenoxy) is 1. The maximum absolute atomic E-state index is 12.8. The number of aryl methyl sites for hydroxylation is 1. The molecule has 0 spiro atoms. The molecule has 1 aliphatic heterocycles. The smallest absolute Gasteiger partial charge is 0.244 e. The first-order valence-corrected chi connectivity index (χ1v) is 9.42. The monoisotopic (exact) mass is 425 g/mol. The maximum atomic E-state index is 12.8. The number of benzene rings is 1. The average Bonchev–Trinajstić information content (AvgIpc) is 2.58. The molecule has 1 heterocycles. The van der Waals surface area contributed by atoms with E-state index in [1.807, 2.05) is 19.9 Å². The van der Waals surface area contributed by atoms with Gasteiger partial charge in [-0.2, -0.15) is 4.31 Å². The number of hydrogen-bond donors (Lipinski definition) is 0. The van der Waals surface area contributed by atoms with E-state index < -0.39 is 10.0 Å². The molecule has 1 atom stereocenters.